The molecule has 0 unspecified atom stereocenters. The first-order valence-electron chi connectivity index (χ1n) is 11.1. The zero-order valence-corrected chi connectivity index (χ0v) is 20.0. The van der Waals surface area contributed by atoms with Crippen LogP contribution in [0.4, 0.5) is 0 Å². The van der Waals surface area contributed by atoms with Gasteiger partial charge in [-0.25, -0.2) is 8.42 Å². The Morgan fingerprint density at radius 2 is 1.53 bits per heavy atom. The van der Waals surface area contributed by atoms with Crippen LogP contribution in [0.3, 0.4) is 0 Å². The first kappa shape index (κ1) is 24.2. The normalized spacial score (nSPS) is 15.2. The molecule has 1 heterocycles. The summed E-state index contributed by atoms with van der Waals surface area (Å²) in [6.45, 7) is 8.41. The number of ether oxygens (including phenoxy) is 1. The average Bonchev–Trinajstić information content (AvgIpc) is 2.83. The molecule has 3 rings (SSSR count). The van der Waals surface area contributed by atoms with Gasteiger partial charge in [0.2, 0.25) is 10.0 Å². The fourth-order valence-corrected chi connectivity index (χ4v) is 5.38. The van der Waals surface area contributed by atoms with Gasteiger partial charge in [-0.1, -0.05) is 26.0 Å². The molecule has 1 fully saturated rings. The number of rotatable bonds is 9. The number of carbonyl (C=O) groups excluding carboxylic acids is 1. The van der Waals surface area contributed by atoms with Crippen LogP contribution >= 0.6 is 0 Å². The number of amides is 1. The third-order valence-electron chi connectivity index (χ3n) is 5.98. The van der Waals surface area contributed by atoms with Gasteiger partial charge in [-0.05, 0) is 48.4 Å². The summed E-state index contributed by atoms with van der Waals surface area (Å²) >= 11 is 0. The van der Waals surface area contributed by atoms with E-state index >= 15 is 0 Å². The minimum Gasteiger partial charge on any atom is -0.497 e. The topological polar surface area (TPSA) is 70.2 Å². The molecule has 0 bridgehead atoms. The zero-order chi connectivity index (χ0) is 23.1. The van der Waals surface area contributed by atoms with Crippen LogP contribution in [0.25, 0.3) is 0 Å². The molecule has 0 saturated carbocycles. The maximum Gasteiger partial charge on any atom is 0.253 e. The van der Waals surface area contributed by atoms with Crippen LogP contribution in [0.15, 0.2) is 53.4 Å². The summed E-state index contributed by atoms with van der Waals surface area (Å²) in [4.78, 5) is 17.3. The maximum atomic E-state index is 12.9. The quantitative estimate of drug-likeness (QED) is 0.577. The van der Waals surface area contributed by atoms with Crippen molar-refractivity contribution in [3.8, 4) is 5.75 Å². The van der Waals surface area contributed by atoms with Crippen molar-refractivity contribution in [3.63, 3.8) is 0 Å². The maximum absolute atomic E-state index is 12.9. The fraction of sp³-hybridized carbons (Fsp3) is 0.458. The molecule has 0 atom stereocenters. The van der Waals surface area contributed by atoms with Gasteiger partial charge in [-0.15, -0.1) is 0 Å². The highest BCUT2D eigenvalue weighted by Gasteiger charge is 2.24. The van der Waals surface area contributed by atoms with Gasteiger partial charge < -0.3 is 9.64 Å². The number of sulfonamides is 1. The molecule has 7 nitrogen and oxygen atoms in total. The number of piperazine rings is 1. The number of methoxy groups -OCH3 is 1. The second-order valence-electron chi connectivity index (χ2n) is 7.85. The summed E-state index contributed by atoms with van der Waals surface area (Å²) < 4.78 is 31.9. The van der Waals surface area contributed by atoms with Crippen LogP contribution < -0.4 is 4.74 Å². The molecule has 0 spiro atoms. The minimum absolute atomic E-state index is 0.0495. The van der Waals surface area contributed by atoms with E-state index in [0.29, 0.717) is 31.7 Å². The molecule has 8 heteroatoms. The number of nitrogens with zero attached hydrogens (tertiary/aromatic N) is 3. The van der Waals surface area contributed by atoms with E-state index < -0.39 is 10.0 Å². The van der Waals surface area contributed by atoms with Crippen molar-refractivity contribution in [1.82, 2.24) is 14.1 Å². The molecule has 0 N–H and O–H groups in total. The van der Waals surface area contributed by atoms with Crippen molar-refractivity contribution in [2.24, 2.45) is 0 Å². The molecule has 32 heavy (non-hydrogen) atoms. The first-order chi connectivity index (χ1) is 15.4. The van der Waals surface area contributed by atoms with Crippen LogP contribution in [0.5, 0.6) is 5.75 Å². The van der Waals surface area contributed by atoms with Gasteiger partial charge in [0, 0.05) is 51.4 Å². The Balaban J connectivity index is 1.52. The van der Waals surface area contributed by atoms with Crippen LogP contribution in [-0.4, -0.2) is 81.4 Å². The van der Waals surface area contributed by atoms with Gasteiger partial charge in [0.15, 0.2) is 0 Å². The lowest BCUT2D eigenvalue weighted by Crippen LogP contribution is -2.49. The Morgan fingerprint density at radius 3 is 2.06 bits per heavy atom. The summed E-state index contributed by atoms with van der Waals surface area (Å²) in [7, 11) is -1.85. The largest absolute Gasteiger partial charge is 0.497 e. The number of hydrogen-bond acceptors (Lipinski definition) is 5. The Bertz CT molecular complexity index is 979. The third kappa shape index (κ3) is 5.68. The van der Waals surface area contributed by atoms with E-state index in [-0.39, 0.29) is 10.8 Å². The second-order valence-corrected chi connectivity index (χ2v) is 9.78. The van der Waals surface area contributed by atoms with E-state index in [9.17, 15) is 13.2 Å². The molecule has 0 radical (unpaired) electrons. The van der Waals surface area contributed by atoms with Crippen molar-refractivity contribution in [3.05, 3.63) is 59.7 Å². The first-order valence-corrected chi connectivity index (χ1v) is 12.6. The molecule has 174 valence electrons. The Hall–Kier alpha value is -2.42. The van der Waals surface area contributed by atoms with Crippen molar-refractivity contribution in [2.45, 2.75) is 25.2 Å². The van der Waals surface area contributed by atoms with Crippen molar-refractivity contribution in [1.29, 1.82) is 0 Å². The van der Waals surface area contributed by atoms with E-state index in [1.807, 2.05) is 30.9 Å². The summed E-state index contributed by atoms with van der Waals surface area (Å²) in [5, 5.41) is 0. The van der Waals surface area contributed by atoms with E-state index in [1.54, 1.807) is 19.2 Å². The van der Waals surface area contributed by atoms with E-state index in [1.165, 1.54) is 22.0 Å². The predicted molar refractivity (Wildman–Crippen MR) is 126 cm³/mol. The highest BCUT2D eigenvalue weighted by atomic mass is 32.2. The molecular weight excluding hydrogens is 426 g/mol. The van der Waals surface area contributed by atoms with Gasteiger partial charge in [0.25, 0.3) is 5.91 Å². The molecule has 0 aliphatic carbocycles. The van der Waals surface area contributed by atoms with Crippen LogP contribution in [0.2, 0.25) is 0 Å². The highest BCUT2D eigenvalue weighted by Crippen LogP contribution is 2.18. The van der Waals surface area contributed by atoms with Gasteiger partial charge in [0.1, 0.15) is 5.75 Å². The smallest absolute Gasteiger partial charge is 0.253 e. The van der Waals surface area contributed by atoms with Gasteiger partial charge in [-0.2, -0.15) is 4.31 Å². The second kappa shape index (κ2) is 10.9. The number of carbonyl (C=O) groups is 1. The lowest BCUT2D eigenvalue weighted by atomic mass is 10.1. The molecule has 2 aromatic carbocycles. The zero-order valence-electron chi connectivity index (χ0n) is 19.2. The SMILES string of the molecule is CCN(CC)S(=O)(=O)c1ccc(C(=O)N2CCN(CCc3ccc(OC)cc3)CC2)cc1. The fourth-order valence-electron chi connectivity index (χ4n) is 3.92. The summed E-state index contributed by atoms with van der Waals surface area (Å²) in [5.41, 5.74) is 1.79. The number of hydrogen-bond donors (Lipinski definition) is 0. The monoisotopic (exact) mass is 459 g/mol. The predicted octanol–water partition coefficient (Wildman–Crippen LogP) is 2.73. The van der Waals surface area contributed by atoms with Crippen molar-refractivity contribution < 1.29 is 17.9 Å². The Morgan fingerprint density at radius 1 is 0.938 bits per heavy atom. The van der Waals surface area contributed by atoms with Crippen molar-refractivity contribution in [2.75, 3.05) is 52.9 Å². The van der Waals surface area contributed by atoms with Crippen LogP contribution in [0.1, 0.15) is 29.8 Å². The van der Waals surface area contributed by atoms with Gasteiger partial charge in [-0.3, -0.25) is 9.69 Å². The molecule has 1 aliphatic heterocycles. The lowest BCUT2D eigenvalue weighted by molar-refractivity contribution is 0.0638. The molecule has 1 amide bonds. The van der Waals surface area contributed by atoms with Crippen molar-refractivity contribution >= 4 is 15.9 Å². The van der Waals surface area contributed by atoms with Gasteiger partial charge >= 0.3 is 0 Å². The van der Waals surface area contributed by atoms with E-state index in [4.69, 9.17) is 4.74 Å². The van der Waals surface area contributed by atoms with E-state index in [0.717, 1.165) is 31.8 Å². The van der Waals surface area contributed by atoms with E-state index in [2.05, 4.69) is 17.0 Å². The average molecular weight is 460 g/mol. The third-order valence-corrected chi connectivity index (χ3v) is 8.04. The molecular formula is C24H33N3O4S. The standard InChI is InChI=1S/C24H33N3O4S/c1-4-27(5-2)32(29,30)23-12-8-21(9-13-23)24(28)26-18-16-25(17-19-26)15-14-20-6-10-22(31-3)11-7-20/h6-13H,4-5,14-19H2,1-3H3. The summed E-state index contributed by atoms with van der Waals surface area (Å²) in [6, 6.07) is 14.4. The Kier molecular flexibility index (Phi) is 8.28. The highest BCUT2D eigenvalue weighted by molar-refractivity contribution is 7.89. The summed E-state index contributed by atoms with van der Waals surface area (Å²) in [6.07, 6.45) is 0.959. The lowest BCUT2D eigenvalue weighted by Gasteiger charge is -2.34. The minimum atomic E-state index is -3.51. The van der Waals surface area contributed by atoms with Crippen LogP contribution in [0, 0.1) is 0 Å². The Labute approximate surface area is 191 Å². The van der Waals surface area contributed by atoms with Crippen LogP contribution in [-0.2, 0) is 16.4 Å². The van der Waals surface area contributed by atoms with Gasteiger partial charge in [0.05, 0.1) is 12.0 Å². The molecule has 2 aromatic rings. The molecule has 0 aromatic heterocycles. The molecule has 1 saturated heterocycles. The molecule has 1 aliphatic rings. The number of benzene rings is 2. The summed E-state index contributed by atoms with van der Waals surface area (Å²) in [5.74, 6) is 0.811.